The Morgan fingerprint density at radius 2 is 0.842 bits per heavy atom. The first-order valence-corrected chi connectivity index (χ1v) is 19.6. The van der Waals surface area contributed by atoms with E-state index in [1.165, 1.54) is 50.1 Å². The molecule has 0 bridgehead atoms. The molecule has 268 valence electrons. The van der Waals surface area contributed by atoms with Crippen molar-refractivity contribution in [2.75, 3.05) is 4.90 Å². The van der Waals surface area contributed by atoms with Crippen LogP contribution in [-0.4, -0.2) is 0 Å². The number of rotatable bonds is 7. The van der Waals surface area contributed by atoms with Crippen molar-refractivity contribution in [3.8, 4) is 33.4 Å². The van der Waals surface area contributed by atoms with Crippen molar-refractivity contribution in [1.82, 2.24) is 0 Å². The molecule has 1 unspecified atom stereocenters. The molecule has 1 atom stereocenters. The van der Waals surface area contributed by atoms with Crippen LogP contribution in [0.1, 0.15) is 22.3 Å². The third kappa shape index (κ3) is 5.26. The quantitative estimate of drug-likeness (QED) is 0.163. The third-order valence-corrected chi connectivity index (χ3v) is 11.8. The van der Waals surface area contributed by atoms with Gasteiger partial charge >= 0.3 is 0 Å². The molecule has 11 rings (SSSR count). The van der Waals surface area contributed by atoms with Crippen LogP contribution in [0.3, 0.4) is 0 Å². The van der Waals surface area contributed by atoms with Crippen LogP contribution in [0.2, 0.25) is 0 Å². The third-order valence-electron chi connectivity index (χ3n) is 11.8. The van der Waals surface area contributed by atoms with Gasteiger partial charge in [-0.15, -0.1) is 0 Å². The molecular formula is C55H37NO. The van der Waals surface area contributed by atoms with Crippen LogP contribution in [0, 0.1) is 0 Å². The van der Waals surface area contributed by atoms with Gasteiger partial charge in [-0.2, -0.15) is 0 Å². The second-order valence-electron chi connectivity index (χ2n) is 14.8. The zero-order valence-electron chi connectivity index (χ0n) is 31.2. The predicted octanol–water partition coefficient (Wildman–Crippen LogP) is 14.8. The lowest BCUT2D eigenvalue weighted by atomic mass is 9.67. The summed E-state index contributed by atoms with van der Waals surface area (Å²) in [5.41, 5.74) is 16.4. The van der Waals surface area contributed by atoms with Crippen LogP contribution in [0.25, 0.3) is 55.3 Å². The first kappa shape index (κ1) is 33.0. The first-order chi connectivity index (χ1) is 28.3. The summed E-state index contributed by atoms with van der Waals surface area (Å²) >= 11 is 0. The topological polar surface area (TPSA) is 16.4 Å². The first-order valence-electron chi connectivity index (χ1n) is 19.6. The van der Waals surface area contributed by atoms with Gasteiger partial charge in [-0.25, -0.2) is 0 Å². The van der Waals surface area contributed by atoms with Gasteiger partial charge in [-0.05, 0) is 92.5 Å². The lowest BCUT2D eigenvalue weighted by Crippen LogP contribution is -2.29. The van der Waals surface area contributed by atoms with Crippen molar-refractivity contribution in [2.45, 2.75) is 5.41 Å². The van der Waals surface area contributed by atoms with E-state index in [9.17, 15) is 0 Å². The van der Waals surface area contributed by atoms with Crippen molar-refractivity contribution in [3.63, 3.8) is 0 Å². The van der Waals surface area contributed by atoms with Crippen LogP contribution in [0.15, 0.2) is 229 Å². The fourth-order valence-electron chi connectivity index (χ4n) is 9.21. The molecule has 1 aromatic heterocycles. The highest BCUT2D eigenvalue weighted by Gasteiger charge is 2.48. The summed E-state index contributed by atoms with van der Waals surface area (Å²) < 4.78 is 6.92. The molecule has 0 spiro atoms. The van der Waals surface area contributed by atoms with Crippen LogP contribution in [-0.2, 0) is 5.41 Å². The molecule has 0 saturated heterocycles. The van der Waals surface area contributed by atoms with E-state index in [4.69, 9.17) is 4.42 Å². The lowest BCUT2D eigenvalue weighted by molar-refractivity contribution is 0.648. The average Bonchev–Trinajstić information content (AvgIpc) is 3.82. The molecular weight excluding hydrogens is 691 g/mol. The van der Waals surface area contributed by atoms with Gasteiger partial charge in [0.1, 0.15) is 11.2 Å². The van der Waals surface area contributed by atoms with Gasteiger partial charge in [0.15, 0.2) is 0 Å². The summed E-state index contributed by atoms with van der Waals surface area (Å²) in [5, 5.41) is 2.24. The van der Waals surface area contributed by atoms with E-state index in [2.05, 4.69) is 229 Å². The molecule has 1 aliphatic carbocycles. The molecule has 10 aromatic rings. The highest BCUT2D eigenvalue weighted by atomic mass is 16.3. The Labute approximate surface area is 332 Å². The summed E-state index contributed by atoms with van der Waals surface area (Å²) in [6, 6.07) is 81.1. The summed E-state index contributed by atoms with van der Waals surface area (Å²) in [6.45, 7) is 0. The van der Waals surface area contributed by atoms with E-state index >= 15 is 0 Å². The zero-order chi connectivity index (χ0) is 37.8. The van der Waals surface area contributed by atoms with Crippen LogP contribution in [0.4, 0.5) is 17.1 Å². The minimum atomic E-state index is -0.690. The SMILES string of the molecule is c1ccc(-c2ccc(N(c3ccccc3)c3ccc4c(c3)C(c3ccc(-c5ccccc5)cc3)(c3cccc5c3oc3ccccc35)c3ccccc3-4)cc2)cc1. The number of anilines is 3. The number of benzene rings is 9. The maximum absolute atomic E-state index is 6.92. The molecule has 2 nitrogen and oxygen atoms in total. The number of furan rings is 1. The van der Waals surface area contributed by atoms with E-state index in [0.717, 1.165) is 44.6 Å². The highest BCUT2D eigenvalue weighted by molar-refractivity contribution is 6.07. The van der Waals surface area contributed by atoms with Crippen LogP contribution >= 0.6 is 0 Å². The standard InChI is InChI=1S/C55H37NO/c1-4-15-38(16-5-1)40-27-31-42(32-28-40)55(51-25-14-23-49-48-22-11-13-26-53(48)57-54(49)51)50-24-12-10-21-46(50)47-36-35-45(37-52(47)55)56(43-19-8-3-9-20-43)44-33-29-41(30-34-44)39-17-6-2-7-18-39/h1-37H. The number of para-hydroxylation sites is 3. The number of fused-ring (bicyclic) bond motifs is 6. The van der Waals surface area contributed by atoms with Crippen molar-refractivity contribution in [2.24, 2.45) is 0 Å². The largest absolute Gasteiger partial charge is 0.456 e. The molecule has 0 N–H and O–H groups in total. The molecule has 2 heteroatoms. The lowest BCUT2D eigenvalue weighted by Gasteiger charge is -2.35. The van der Waals surface area contributed by atoms with Gasteiger partial charge in [0.2, 0.25) is 0 Å². The summed E-state index contributed by atoms with van der Waals surface area (Å²) in [7, 11) is 0. The molecule has 0 fully saturated rings. The van der Waals surface area contributed by atoms with E-state index in [1.807, 2.05) is 0 Å². The Hall–Kier alpha value is -7.42. The molecule has 1 heterocycles. The van der Waals surface area contributed by atoms with Gasteiger partial charge in [-0.3, -0.25) is 0 Å². The minimum Gasteiger partial charge on any atom is -0.456 e. The van der Waals surface area contributed by atoms with Gasteiger partial charge < -0.3 is 9.32 Å². The maximum atomic E-state index is 6.92. The Balaban J connectivity index is 1.18. The second-order valence-corrected chi connectivity index (χ2v) is 14.8. The van der Waals surface area contributed by atoms with E-state index in [0.29, 0.717) is 0 Å². The van der Waals surface area contributed by atoms with E-state index < -0.39 is 5.41 Å². The van der Waals surface area contributed by atoms with Crippen molar-refractivity contribution >= 4 is 39.0 Å². The van der Waals surface area contributed by atoms with E-state index in [1.54, 1.807) is 0 Å². The molecule has 0 aliphatic heterocycles. The monoisotopic (exact) mass is 727 g/mol. The molecule has 1 aliphatic rings. The molecule has 57 heavy (non-hydrogen) atoms. The predicted molar refractivity (Wildman–Crippen MR) is 237 cm³/mol. The fraction of sp³-hybridized carbons (Fsp3) is 0.0182. The van der Waals surface area contributed by atoms with Gasteiger partial charge in [0.05, 0.1) is 5.41 Å². The van der Waals surface area contributed by atoms with Crippen LogP contribution < -0.4 is 4.90 Å². The average molecular weight is 728 g/mol. The summed E-state index contributed by atoms with van der Waals surface area (Å²) in [5.74, 6) is 0. The normalized spacial score (nSPS) is 14.4. The summed E-state index contributed by atoms with van der Waals surface area (Å²) in [6.07, 6.45) is 0. The van der Waals surface area contributed by atoms with Gasteiger partial charge in [-0.1, -0.05) is 182 Å². The Kier molecular flexibility index (Phi) is 7.75. The number of hydrogen-bond acceptors (Lipinski definition) is 2. The number of nitrogens with zero attached hydrogens (tertiary/aromatic N) is 1. The van der Waals surface area contributed by atoms with Gasteiger partial charge in [0, 0.05) is 33.4 Å². The number of hydrogen-bond donors (Lipinski definition) is 0. The summed E-state index contributed by atoms with van der Waals surface area (Å²) in [4.78, 5) is 2.38. The van der Waals surface area contributed by atoms with Crippen LogP contribution in [0.5, 0.6) is 0 Å². The van der Waals surface area contributed by atoms with Crippen molar-refractivity contribution in [3.05, 3.63) is 247 Å². The fourth-order valence-corrected chi connectivity index (χ4v) is 9.21. The van der Waals surface area contributed by atoms with Crippen molar-refractivity contribution in [1.29, 1.82) is 0 Å². The molecule has 9 aromatic carbocycles. The van der Waals surface area contributed by atoms with E-state index in [-0.39, 0.29) is 0 Å². The zero-order valence-corrected chi connectivity index (χ0v) is 31.2. The Morgan fingerprint density at radius 1 is 0.333 bits per heavy atom. The maximum Gasteiger partial charge on any atom is 0.140 e. The Morgan fingerprint density at radius 3 is 1.56 bits per heavy atom. The van der Waals surface area contributed by atoms with Gasteiger partial charge in [0.25, 0.3) is 0 Å². The molecule has 0 saturated carbocycles. The second kappa shape index (κ2) is 13.4. The highest BCUT2D eigenvalue weighted by Crippen LogP contribution is 2.59. The molecule has 0 amide bonds. The Bertz CT molecular complexity index is 3040. The van der Waals surface area contributed by atoms with Crippen molar-refractivity contribution < 1.29 is 4.42 Å². The molecule has 0 radical (unpaired) electrons. The minimum absolute atomic E-state index is 0.690. The smallest absolute Gasteiger partial charge is 0.140 e.